The van der Waals surface area contributed by atoms with E-state index in [0.29, 0.717) is 13.0 Å². The highest BCUT2D eigenvalue weighted by molar-refractivity contribution is 5.96. The van der Waals surface area contributed by atoms with Gasteiger partial charge in [0.15, 0.2) is 5.54 Å². The summed E-state index contributed by atoms with van der Waals surface area (Å²) in [6, 6.07) is 1.66. The number of carboxylic acids is 1. The molecule has 2 heterocycles. The van der Waals surface area contributed by atoms with Gasteiger partial charge in [-0.1, -0.05) is 13.3 Å². The average Bonchev–Trinajstić information content (AvgIpc) is 2.99. The summed E-state index contributed by atoms with van der Waals surface area (Å²) in [5, 5.41) is 21.5. The molecule has 19 heavy (non-hydrogen) atoms. The minimum atomic E-state index is -1.22. The second-order valence-electron chi connectivity index (χ2n) is 4.80. The number of nitrogens with zero attached hydrogens (tertiary/aromatic N) is 1. The Morgan fingerprint density at radius 2 is 2.37 bits per heavy atom. The van der Waals surface area contributed by atoms with E-state index in [4.69, 9.17) is 0 Å². The standard InChI is InChI=1S/C12H18N4O3/c1-2-3-8-6-9(16-15-8)10(17)14-12(11(18)19)4-5-13-7-12/h6,13H,2-5,7H2,1H3,(H,14,17)(H,15,16)(H,18,19)/t12-/m0/s1. The Kier molecular flexibility index (Phi) is 3.84. The van der Waals surface area contributed by atoms with E-state index >= 15 is 0 Å². The molecule has 0 spiro atoms. The number of hydrogen-bond donors (Lipinski definition) is 4. The van der Waals surface area contributed by atoms with E-state index in [9.17, 15) is 14.7 Å². The predicted molar refractivity (Wildman–Crippen MR) is 67.9 cm³/mol. The fraction of sp³-hybridized carbons (Fsp3) is 0.583. The van der Waals surface area contributed by atoms with Crippen LogP contribution in [-0.2, 0) is 11.2 Å². The Bertz CT molecular complexity index is 477. The van der Waals surface area contributed by atoms with Crippen LogP contribution >= 0.6 is 0 Å². The SMILES string of the molecule is CCCc1cc(C(=O)N[C@@]2(C(=O)O)CCNC2)n[nH]1. The molecule has 0 unspecified atom stereocenters. The lowest BCUT2D eigenvalue weighted by Crippen LogP contribution is -2.56. The van der Waals surface area contributed by atoms with Crippen LogP contribution in [0, 0.1) is 0 Å². The van der Waals surface area contributed by atoms with Crippen LogP contribution in [-0.4, -0.2) is 45.8 Å². The maximum Gasteiger partial charge on any atom is 0.330 e. The molecule has 1 saturated heterocycles. The summed E-state index contributed by atoms with van der Waals surface area (Å²) in [6.45, 7) is 2.85. The lowest BCUT2D eigenvalue weighted by atomic mass is 9.98. The van der Waals surface area contributed by atoms with Crippen molar-refractivity contribution in [3.8, 4) is 0 Å². The lowest BCUT2D eigenvalue weighted by molar-refractivity contribution is -0.143. The molecule has 1 atom stereocenters. The number of nitrogens with one attached hydrogen (secondary N) is 3. The van der Waals surface area contributed by atoms with E-state index < -0.39 is 17.4 Å². The fourth-order valence-corrected chi connectivity index (χ4v) is 2.19. The number of aryl methyl sites for hydroxylation is 1. The second-order valence-corrected chi connectivity index (χ2v) is 4.80. The molecule has 7 nitrogen and oxygen atoms in total. The number of aromatic nitrogens is 2. The zero-order valence-corrected chi connectivity index (χ0v) is 10.8. The molecule has 0 aromatic carbocycles. The minimum Gasteiger partial charge on any atom is -0.479 e. The molecule has 7 heteroatoms. The Balaban J connectivity index is 2.08. The Labute approximate surface area is 110 Å². The zero-order chi connectivity index (χ0) is 13.9. The van der Waals surface area contributed by atoms with E-state index in [1.807, 2.05) is 6.92 Å². The summed E-state index contributed by atoms with van der Waals surface area (Å²) in [4.78, 5) is 23.4. The van der Waals surface area contributed by atoms with Crippen LogP contribution in [0.3, 0.4) is 0 Å². The number of aliphatic carboxylic acids is 1. The van der Waals surface area contributed by atoms with Crippen molar-refractivity contribution >= 4 is 11.9 Å². The normalized spacial score (nSPS) is 22.4. The molecule has 104 valence electrons. The van der Waals surface area contributed by atoms with Gasteiger partial charge < -0.3 is 15.7 Å². The number of rotatable bonds is 5. The predicted octanol–water partition coefficient (Wildman–Crippen LogP) is -0.0913. The molecule has 0 bridgehead atoms. The summed E-state index contributed by atoms with van der Waals surface area (Å²) in [5.74, 6) is -1.47. The van der Waals surface area contributed by atoms with Crippen molar-refractivity contribution in [1.29, 1.82) is 0 Å². The van der Waals surface area contributed by atoms with Crippen LogP contribution in [0.5, 0.6) is 0 Å². The number of H-pyrrole nitrogens is 1. The van der Waals surface area contributed by atoms with E-state index in [1.165, 1.54) is 0 Å². The average molecular weight is 266 g/mol. The molecule has 0 aliphatic carbocycles. The number of carboxylic acid groups (broad SMARTS) is 1. The van der Waals surface area contributed by atoms with Gasteiger partial charge in [0.05, 0.1) is 0 Å². The van der Waals surface area contributed by atoms with E-state index in [2.05, 4.69) is 20.8 Å². The van der Waals surface area contributed by atoms with Crippen molar-refractivity contribution in [2.45, 2.75) is 31.7 Å². The fourth-order valence-electron chi connectivity index (χ4n) is 2.19. The highest BCUT2D eigenvalue weighted by Gasteiger charge is 2.43. The molecule has 1 aromatic rings. The van der Waals surface area contributed by atoms with Crippen molar-refractivity contribution in [1.82, 2.24) is 20.8 Å². The van der Waals surface area contributed by atoms with Gasteiger partial charge in [-0.3, -0.25) is 9.89 Å². The van der Waals surface area contributed by atoms with Gasteiger partial charge in [-0.2, -0.15) is 5.10 Å². The first-order valence-corrected chi connectivity index (χ1v) is 6.38. The third-order valence-electron chi connectivity index (χ3n) is 3.30. The molecule has 1 aromatic heterocycles. The van der Waals surface area contributed by atoms with Crippen molar-refractivity contribution in [3.63, 3.8) is 0 Å². The smallest absolute Gasteiger partial charge is 0.330 e. The number of hydrogen-bond acceptors (Lipinski definition) is 4. The van der Waals surface area contributed by atoms with Crippen LogP contribution < -0.4 is 10.6 Å². The summed E-state index contributed by atoms with van der Waals surface area (Å²) in [7, 11) is 0. The number of carbonyl (C=O) groups is 2. The lowest BCUT2D eigenvalue weighted by Gasteiger charge is -2.23. The third-order valence-corrected chi connectivity index (χ3v) is 3.30. The molecule has 0 radical (unpaired) electrons. The first-order valence-electron chi connectivity index (χ1n) is 6.38. The Morgan fingerprint density at radius 3 is 2.95 bits per heavy atom. The van der Waals surface area contributed by atoms with Gasteiger partial charge in [-0.05, 0) is 25.5 Å². The summed E-state index contributed by atoms with van der Waals surface area (Å²) < 4.78 is 0. The highest BCUT2D eigenvalue weighted by atomic mass is 16.4. The van der Waals surface area contributed by atoms with Gasteiger partial charge in [0.2, 0.25) is 0 Å². The molecule has 1 aliphatic rings. The van der Waals surface area contributed by atoms with Gasteiger partial charge in [0.1, 0.15) is 5.69 Å². The van der Waals surface area contributed by atoms with Gasteiger partial charge in [-0.15, -0.1) is 0 Å². The quantitative estimate of drug-likeness (QED) is 0.596. The van der Waals surface area contributed by atoms with Crippen LogP contribution in [0.15, 0.2) is 6.07 Å². The van der Waals surface area contributed by atoms with Crippen molar-refractivity contribution in [2.75, 3.05) is 13.1 Å². The minimum absolute atomic E-state index is 0.232. The summed E-state index contributed by atoms with van der Waals surface area (Å²) >= 11 is 0. The van der Waals surface area contributed by atoms with Gasteiger partial charge in [0, 0.05) is 12.2 Å². The van der Waals surface area contributed by atoms with Gasteiger partial charge >= 0.3 is 5.97 Å². The highest BCUT2D eigenvalue weighted by Crippen LogP contribution is 2.16. The van der Waals surface area contributed by atoms with Crippen LogP contribution in [0.25, 0.3) is 0 Å². The second kappa shape index (κ2) is 5.40. The maximum atomic E-state index is 12.0. The van der Waals surface area contributed by atoms with Gasteiger partial charge in [0.25, 0.3) is 5.91 Å². The van der Waals surface area contributed by atoms with Gasteiger partial charge in [-0.25, -0.2) is 4.79 Å². The molecule has 1 aliphatic heterocycles. The van der Waals surface area contributed by atoms with E-state index in [-0.39, 0.29) is 12.2 Å². The summed E-state index contributed by atoms with van der Waals surface area (Å²) in [6.07, 6.45) is 2.14. The van der Waals surface area contributed by atoms with E-state index in [0.717, 1.165) is 18.5 Å². The zero-order valence-electron chi connectivity index (χ0n) is 10.8. The number of aromatic amines is 1. The molecule has 2 rings (SSSR count). The van der Waals surface area contributed by atoms with Crippen molar-refractivity contribution in [2.24, 2.45) is 0 Å². The largest absolute Gasteiger partial charge is 0.479 e. The third kappa shape index (κ3) is 2.76. The molecular formula is C12H18N4O3. The van der Waals surface area contributed by atoms with E-state index in [1.54, 1.807) is 6.07 Å². The first kappa shape index (κ1) is 13.5. The van der Waals surface area contributed by atoms with Crippen molar-refractivity contribution < 1.29 is 14.7 Å². The van der Waals surface area contributed by atoms with Crippen LogP contribution in [0.4, 0.5) is 0 Å². The Morgan fingerprint density at radius 1 is 1.58 bits per heavy atom. The molecular weight excluding hydrogens is 248 g/mol. The van der Waals surface area contributed by atoms with Crippen LogP contribution in [0.2, 0.25) is 0 Å². The number of carbonyl (C=O) groups excluding carboxylic acids is 1. The molecule has 0 saturated carbocycles. The van der Waals surface area contributed by atoms with Crippen LogP contribution in [0.1, 0.15) is 35.9 Å². The summed E-state index contributed by atoms with van der Waals surface area (Å²) in [5.41, 5.74) is -0.112. The first-order chi connectivity index (χ1) is 9.07. The molecule has 1 amide bonds. The maximum absolute atomic E-state index is 12.0. The molecule has 1 fully saturated rings. The number of amides is 1. The van der Waals surface area contributed by atoms with Crippen molar-refractivity contribution in [3.05, 3.63) is 17.5 Å². The monoisotopic (exact) mass is 266 g/mol. The topological polar surface area (TPSA) is 107 Å². The Hall–Kier alpha value is -1.89. The molecule has 4 N–H and O–H groups in total.